The average molecular weight is 290 g/mol. The molecule has 0 fully saturated rings. The molecule has 0 saturated heterocycles. The summed E-state index contributed by atoms with van der Waals surface area (Å²) >= 11 is 1.86. The maximum atomic E-state index is 11.5. The van der Waals surface area contributed by atoms with Crippen LogP contribution in [0, 0.1) is 0 Å². The largest absolute Gasteiger partial charge is 0.493 e. The van der Waals surface area contributed by atoms with Crippen molar-refractivity contribution >= 4 is 28.5 Å². The van der Waals surface area contributed by atoms with Gasteiger partial charge in [0.25, 0.3) is 0 Å². The summed E-state index contributed by atoms with van der Waals surface area (Å²) in [6.07, 6.45) is 0.921. The number of thioether (sulfide) groups is 1. The number of ether oxygens (including phenoxy) is 1. The number of aromatic carboxylic acids is 1. The number of carboxylic acids is 1. The van der Waals surface area contributed by atoms with Crippen molar-refractivity contribution in [2.75, 3.05) is 18.1 Å². The summed E-state index contributed by atoms with van der Waals surface area (Å²) in [5.74, 6) is 1.64. The second-order valence-corrected chi connectivity index (χ2v) is 5.76. The normalized spacial score (nSPS) is 10.7. The van der Waals surface area contributed by atoms with Gasteiger partial charge >= 0.3 is 5.97 Å². The molecule has 106 valence electrons. The second-order valence-electron chi connectivity index (χ2n) is 4.36. The third kappa shape index (κ3) is 3.45. The van der Waals surface area contributed by atoms with Crippen LogP contribution in [0.15, 0.2) is 36.4 Å². The fourth-order valence-corrected chi connectivity index (χ4v) is 2.69. The van der Waals surface area contributed by atoms with E-state index in [0.717, 1.165) is 28.7 Å². The van der Waals surface area contributed by atoms with Crippen LogP contribution in [-0.2, 0) is 0 Å². The molecule has 2 rings (SSSR count). The summed E-state index contributed by atoms with van der Waals surface area (Å²) in [5.41, 5.74) is 0.256. The van der Waals surface area contributed by atoms with E-state index < -0.39 is 5.97 Å². The van der Waals surface area contributed by atoms with Gasteiger partial charge in [-0.15, -0.1) is 0 Å². The Morgan fingerprint density at radius 1 is 1.25 bits per heavy atom. The summed E-state index contributed by atoms with van der Waals surface area (Å²) in [6.45, 7) is 2.67. The molecule has 0 aliphatic carbocycles. The first-order valence-corrected chi connectivity index (χ1v) is 7.85. The predicted molar refractivity (Wildman–Crippen MR) is 84.0 cm³/mol. The highest BCUT2D eigenvalue weighted by Crippen LogP contribution is 2.28. The van der Waals surface area contributed by atoms with E-state index in [2.05, 4.69) is 6.92 Å². The zero-order chi connectivity index (χ0) is 14.4. The van der Waals surface area contributed by atoms with Crippen molar-refractivity contribution in [1.29, 1.82) is 0 Å². The topological polar surface area (TPSA) is 46.5 Å². The smallest absolute Gasteiger partial charge is 0.340 e. The van der Waals surface area contributed by atoms with E-state index in [-0.39, 0.29) is 5.56 Å². The van der Waals surface area contributed by atoms with Crippen LogP contribution in [0.1, 0.15) is 23.7 Å². The van der Waals surface area contributed by atoms with Gasteiger partial charge in [-0.05, 0) is 34.8 Å². The Morgan fingerprint density at radius 2 is 2.05 bits per heavy atom. The van der Waals surface area contributed by atoms with Crippen molar-refractivity contribution in [3.63, 3.8) is 0 Å². The molecule has 3 nitrogen and oxygen atoms in total. The molecule has 0 aliphatic rings. The van der Waals surface area contributed by atoms with Gasteiger partial charge in [-0.3, -0.25) is 0 Å². The quantitative estimate of drug-likeness (QED) is 0.781. The van der Waals surface area contributed by atoms with E-state index in [9.17, 15) is 9.90 Å². The van der Waals surface area contributed by atoms with Gasteiger partial charge in [0.15, 0.2) is 0 Å². The van der Waals surface area contributed by atoms with Crippen molar-refractivity contribution in [3.8, 4) is 5.75 Å². The second kappa shape index (κ2) is 7.20. The molecule has 0 aromatic heterocycles. The third-order valence-electron chi connectivity index (χ3n) is 3.00. The van der Waals surface area contributed by atoms with Gasteiger partial charge in [0.1, 0.15) is 11.3 Å². The molecule has 0 radical (unpaired) electrons. The van der Waals surface area contributed by atoms with Gasteiger partial charge in [-0.25, -0.2) is 4.79 Å². The van der Waals surface area contributed by atoms with Crippen molar-refractivity contribution in [1.82, 2.24) is 0 Å². The van der Waals surface area contributed by atoms with Crippen LogP contribution in [0.4, 0.5) is 0 Å². The van der Waals surface area contributed by atoms with E-state index in [1.807, 2.05) is 42.1 Å². The Morgan fingerprint density at radius 3 is 2.80 bits per heavy atom. The third-order valence-corrected chi connectivity index (χ3v) is 3.98. The number of hydrogen-bond acceptors (Lipinski definition) is 3. The Hall–Kier alpha value is -1.68. The summed E-state index contributed by atoms with van der Waals surface area (Å²) in [7, 11) is 0. The van der Waals surface area contributed by atoms with E-state index in [1.165, 1.54) is 0 Å². The predicted octanol–water partition coefficient (Wildman–Crippen LogP) is 4.06. The summed E-state index contributed by atoms with van der Waals surface area (Å²) in [4.78, 5) is 11.5. The van der Waals surface area contributed by atoms with E-state index in [0.29, 0.717) is 12.4 Å². The molecule has 4 heteroatoms. The van der Waals surface area contributed by atoms with E-state index >= 15 is 0 Å². The van der Waals surface area contributed by atoms with E-state index in [4.69, 9.17) is 4.74 Å². The highest BCUT2D eigenvalue weighted by molar-refractivity contribution is 7.99. The van der Waals surface area contributed by atoms with Crippen LogP contribution >= 0.6 is 11.8 Å². The highest BCUT2D eigenvalue weighted by Gasteiger charge is 2.15. The maximum Gasteiger partial charge on any atom is 0.340 e. The molecule has 0 amide bonds. The SMILES string of the molecule is CCSCCCOc1ccc2ccccc2c1C(=O)O. The van der Waals surface area contributed by atoms with Crippen LogP contribution in [0.25, 0.3) is 10.8 Å². The molecule has 0 bridgehead atoms. The summed E-state index contributed by atoms with van der Waals surface area (Å²) < 4.78 is 5.66. The van der Waals surface area contributed by atoms with Crippen molar-refractivity contribution in [2.45, 2.75) is 13.3 Å². The number of hydrogen-bond donors (Lipinski definition) is 1. The molecule has 0 aliphatic heterocycles. The maximum absolute atomic E-state index is 11.5. The summed E-state index contributed by atoms with van der Waals surface area (Å²) in [6, 6.07) is 11.1. The van der Waals surface area contributed by atoms with Crippen LogP contribution in [0.5, 0.6) is 5.75 Å². The van der Waals surface area contributed by atoms with E-state index in [1.54, 1.807) is 6.07 Å². The molecule has 20 heavy (non-hydrogen) atoms. The Kier molecular flexibility index (Phi) is 5.30. The first-order valence-electron chi connectivity index (χ1n) is 6.69. The van der Waals surface area contributed by atoms with Crippen molar-refractivity contribution in [3.05, 3.63) is 42.0 Å². The molecule has 0 spiro atoms. The monoisotopic (exact) mass is 290 g/mol. The van der Waals surface area contributed by atoms with Gasteiger partial charge in [-0.2, -0.15) is 11.8 Å². The molecular weight excluding hydrogens is 272 g/mol. The fourth-order valence-electron chi connectivity index (χ4n) is 2.08. The van der Waals surface area contributed by atoms with Crippen LogP contribution in [-0.4, -0.2) is 29.2 Å². The zero-order valence-electron chi connectivity index (χ0n) is 11.5. The average Bonchev–Trinajstić information content (AvgIpc) is 2.46. The molecule has 1 N–H and O–H groups in total. The number of benzene rings is 2. The number of carboxylic acid groups (broad SMARTS) is 1. The van der Waals surface area contributed by atoms with Gasteiger partial charge < -0.3 is 9.84 Å². The Bertz CT molecular complexity index is 595. The number of fused-ring (bicyclic) bond motifs is 1. The first kappa shape index (κ1) is 14.7. The molecule has 2 aromatic carbocycles. The minimum Gasteiger partial charge on any atom is -0.493 e. The standard InChI is InChI=1S/C16H18O3S/c1-2-20-11-5-10-19-14-9-8-12-6-3-4-7-13(12)15(14)16(17)18/h3-4,6-9H,2,5,10-11H2,1H3,(H,17,18). The lowest BCUT2D eigenvalue weighted by Crippen LogP contribution is -2.06. The lowest BCUT2D eigenvalue weighted by Gasteiger charge is -2.11. The van der Waals surface area contributed by atoms with Gasteiger partial charge in [0.2, 0.25) is 0 Å². The molecule has 0 atom stereocenters. The number of rotatable bonds is 7. The molecule has 0 saturated carbocycles. The molecule has 2 aromatic rings. The zero-order valence-corrected chi connectivity index (χ0v) is 12.3. The van der Waals surface area contributed by atoms with Gasteiger partial charge in [-0.1, -0.05) is 37.3 Å². The molecule has 0 heterocycles. The minimum atomic E-state index is -0.945. The van der Waals surface area contributed by atoms with Gasteiger partial charge in [0, 0.05) is 0 Å². The van der Waals surface area contributed by atoms with Crippen LogP contribution in [0.3, 0.4) is 0 Å². The fraction of sp³-hybridized carbons (Fsp3) is 0.312. The lowest BCUT2D eigenvalue weighted by atomic mass is 10.0. The van der Waals surface area contributed by atoms with Crippen molar-refractivity contribution in [2.24, 2.45) is 0 Å². The number of carbonyl (C=O) groups is 1. The Labute approximate surface area is 122 Å². The summed E-state index contributed by atoms with van der Waals surface area (Å²) in [5, 5.41) is 11.1. The van der Waals surface area contributed by atoms with Crippen LogP contribution < -0.4 is 4.74 Å². The highest BCUT2D eigenvalue weighted by atomic mass is 32.2. The molecule has 0 unspecified atom stereocenters. The minimum absolute atomic E-state index is 0.256. The lowest BCUT2D eigenvalue weighted by molar-refractivity contribution is 0.0694. The van der Waals surface area contributed by atoms with Crippen molar-refractivity contribution < 1.29 is 14.6 Å². The Balaban J connectivity index is 2.20. The van der Waals surface area contributed by atoms with Gasteiger partial charge in [0.05, 0.1) is 6.61 Å². The first-order chi connectivity index (χ1) is 9.74. The van der Waals surface area contributed by atoms with Crippen LogP contribution in [0.2, 0.25) is 0 Å². The molecular formula is C16H18O3S.